The number of benzene rings is 1. The first kappa shape index (κ1) is 15.0. The van der Waals surface area contributed by atoms with Gasteiger partial charge >= 0.3 is 0 Å². The fourth-order valence-corrected chi connectivity index (χ4v) is 2.69. The van der Waals surface area contributed by atoms with E-state index in [9.17, 15) is 4.79 Å². The largest absolute Gasteiger partial charge is 0.385 e. The number of ether oxygens (including phenoxy) is 1. The molecule has 0 aromatic heterocycles. The zero-order chi connectivity index (χ0) is 14.4. The third-order valence-corrected chi connectivity index (χ3v) is 3.75. The number of carbonyl (C=O) groups is 1. The number of amides is 1. The Morgan fingerprint density at radius 3 is 2.60 bits per heavy atom. The quantitative estimate of drug-likeness (QED) is 0.738. The van der Waals surface area contributed by atoms with E-state index in [0.29, 0.717) is 19.2 Å². The van der Waals surface area contributed by atoms with E-state index < -0.39 is 0 Å². The highest BCUT2D eigenvalue weighted by Gasteiger charge is 2.24. The molecule has 1 unspecified atom stereocenters. The van der Waals surface area contributed by atoms with Gasteiger partial charge in [-0.3, -0.25) is 4.79 Å². The highest BCUT2D eigenvalue weighted by Crippen LogP contribution is 2.21. The number of carbonyl (C=O) groups excluding carboxylic acids is 1. The second-order valence-electron chi connectivity index (χ2n) is 5.40. The molecule has 0 aliphatic heterocycles. The van der Waals surface area contributed by atoms with Crippen molar-refractivity contribution in [2.45, 2.75) is 38.3 Å². The zero-order valence-electron chi connectivity index (χ0n) is 12.3. The van der Waals surface area contributed by atoms with Gasteiger partial charge in [0.2, 0.25) is 5.91 Å². The number of nitrogens with one attached hydrogen (secondary N) is 2. The van der Waals surface area contributed by atoms with Crippen molar-refractivity contribution in [3.63, 3.8) is 0 Å². The predicted octanol–water partition coefficient (Wildman–Crippen LogP) is 1.28. The molecule has 4 heteroatoms. The Hall–Kier alpha value is -1.39. The molecule has 2 N–H and O–H groups in total. The number of methoxy groups -OCH3 is 1. The molecule has 0 spiro atoms. The Bertz CT molecular complexity index is 423. The van der Waals surface area contributed by atoms with Gasteiger partial charge in [-0.2, -0.15) is 0 Å². The lowest BCUT2D eigenvalue weighted by Gasteiger charge is -2.18. The van der Waals surface area contributed by atoms with Crippen molar-refractivity contribution in [1.82, 2.24) is 10.6 Å². The monoisotopic (exact) mass is 276 g/mol. The minimum atomic E-state index is -0.156. The summed E-state index contributed by atoms with van der Waals surface area (Å²) in [7, 11) is 1.67. The van der Waals surface area contributed by atoms with Crippen LogP contribution in [-0.2, 0) is 22.4 Å². The molecule has 4 nitrogen and oxygen atoms in total. The fourth-order valence-electron chi connectivity index (χ4n) is 2.69. The van der Waals surface area contributed by atoms with Gasteiger partial charge in [0.1, 0.15) is 0 Å². The van der Waals surface area contributed by atoms with Crippen LogP contribution in [0.4, 0.5) is 0 Å². The van der Waals surface area contributed by atoms with Crippen LogP contribution in [0.25, 0.3) is 0 Å². The van der Waals surface area contributed by atoms with Gasteiger partial charge in [-0.15, -0.1) is 0 Å². The summed E-state index contributed by atoms with van der Waals surface area (Å²) in [5.74, 6) is 0.0667. The van der Waals surface area contributed by atoms with Crippen molar-refractivity contribution in [3.05, 3.63) is 35.4 Å². The van der Waals surface area contributed by atoms with E-state index in [4.69, 9.17) is 4.74 Å². The van der Waals surface area contributed by atoms with Crippen molar-refractivity contribution in [2.75, 3.05) is 20.3 Å². The van der Waals surface area contributed by atoms with Crippen molar-refractivity contribution in [1.29, 1.82) is 0 Å². The molecule has 0 saturated carbocycles. The second kappa shape index (κ2) is 7.41. The first-order valence-electron chi connectivity index (χ1n) is 7.30. The topological polar surface area (TPSA) is 50.4 Å². The van der Waals surface area contributed by atoms with Gasteiger partial charge in [0.25, 0.3) is 0 Å². The zero-order valence-corrected chi connectivity index (χ0v) is 12.3. The van der Waals surface area contributed by atoms with E-state index in [-0.39, 0.29) is 11.9 Å². The van der Waals surface area contributed by atoms with Crippen LogP contribution in [0.3, 0.4) is 0 Å². The molecule has 1 atom stereocenters. The Balaban J connectivity index is 1.73. The van der Waals surface area contributed by atoms with Crippen LogP contribution in [0.2, 0.25) is 0 Å². The summed E-state index contributed by atoms with van der Waals surface area (Å²) in [6.07, 6.45) is 2.87. The van der Waals surface area contributed by atoms with E-state index >= 15 is 0 Å². The maximum atomic E-state index is 12.0. The Kier molecular flexibility index (Phi) is 5.56. The van der Waals surface area contributed by atoms with E-state index in [1.54, 1.807) is 7.11 Å². The average Bonchev–Trinajstić information content (AvgIpc) is 2.85. The van der Waals surface area contributed by atoms with Gasteiger partial charge in [0.15, 0.2) is 0 Å². The number of hydrogen-bond donors (Lipinski definition) is 2. The molecular formula is C16H24N2O2. The van der Waals surface area contributed by atoms with Gasteiger partial charge in [-0.25, -0.2) is 0 Å². The van der Waals surface area contributed by atoms with Gasteiger partial charge < -0.3 is 15.4 Å². The first-order valence-corrected chi connectivity index (χ1v) is 7.30. The summed E-state index contributed by atoms with van der Waals surface area (Å²) in [4.78, 5) is 12.0. The van der Waals surface area contributed by atoms with Crippen molar-refractivity contribution in [2.24, 2.45) is 0 Å². The molecular weight excluding hydrogens is 252 g/mol. The molecule has 1 aliphatic rings. The number of hydrogen-bond acceptors (Lipinski definition) is 3. The Labute approximate surface area is 120 Å². The number of fused-ring (bicyclic) bond motifs is 1. The van der Waals surface area contributed by atoms with E-state index in [1.807, 2.05) is 6.92 Å². The summed E-state index contributed by atoms with van der Waals surface area (Å²) in [5.41, 5.74) is 2.80. The SMILES string of the molecule is COCCCNC(=O)C(C)NC1Cc2ccccc2C1. The van der Waals surface area contributed by atoms with Crippen molar-refractivity contribution in [3.8, 4) is 0 Å². The van der Waals surface area contributed by atoms with Gasteiger partial charge in [-0.05, 0) is 37.3 Å². The smallest absolute Gasteiger partial charge is 0.236 e. The third-order valence-electron chi connectivity index (χ3n) is 3.75. The molecule has 0 saturated heterocycles. The summed E-state index contributed by atoms with van der Waals surface area (Å²) >= 11 is 0. The van der Waals surface area contributed by atoms with Crippen LogP contribution >= 0.6 is 0 Å². The average molecular weight is 276 g/mol. The molecule has 110 valence electrons. The lowest BCUT2D eigenvalue weighted by Crippen LogP contribution is -2.47. The molecule has 1 aliphatic carbocycles. The fraction of sp³-hybridized carbons (Fsp3) is 0.562. The van der Waals surface area contributed by atoms with Crippen LogP contribution in [0.15, 0.2) is 24.3 Å². The van der Waals surface area contributed by atoms with E-state index in [2.05, 4.69) is 34.9 Å². The van der Waals surface area contributed by atoms with Crippen LogP contribution in [0.5, 0.6) is 0 Å². The lowest BCUT2D eigenvalue weighted by molar-refractivity contribution is -0.122. The van der Waals surface area contributed by atoms with Gasteiger partial charge in [-0.1, -0.05) is 24.3 Å². The van der Waals surface area contributed by atoms with Crippen molar-refractivity contribution >= 4 is 5.91 Å². The number of rotatable bonds is 7. The van der Waals surface area contributed by atoms with Crippen LogP contribution in [0.1, 0.15) is 24.5 Å². The molecule has 1 amide bonds. The van der Waals surface area contributed by atoms with E-state index in [1.165, 1.54) is 11.1 Å². The van der Waals surface area contributed by atoms with Crippen molar-refractivity contribution < 1.29 is 9.53 Å². The predicted molar refractivity (Wildman–Crippen MR) is 79.7 cm³/mol. The normalized spacial score (nSPS) is 15.9. The summed E-state index contributed by atoms with van der Waals surface area (Å²) in [6.45, 7) is 3.28. The highest BCUT2D eigenvalue weighted by atomic mass is 16.5. The molecule has 0 heterocycles. The minimum absolute atomic E-state index is 0.0667. The molecule has 0 fully saturated rings. The highest BCUT2D eigenvalue weighted by molar-refractivity contribution is 5.81. The lowest BCUT2D eigenvalue weighted by atomic mass is 10.1. The van der Waals surface area contributed by atoms with Crippen LogP contribution < -0.4 is 10.6 Å². The second-order valence-corrected chi connectivity index (χ2v) is 5.40. The molecule has 20 heavy (non-hydrogen) atoms. The summed E-state index contributed by atoms with van der Waals surface area (Å²) < 4.78 is 4.96. The maximum Gasteiger partial charge on any atom is 0.236 e. The minimum Gasteiger partial charge on any atom is -0.385 e. The Morgan fingerprint density at radius 1 is 1.35 bits per heavy atom. The molecule has 2 rings (SSSR count). The first-order chi connectivity index (χ1) is 9.70. The maximum absolute atomic E-state index is 12.0. The van der Waals surface area contributed by atoms with Crippen LogP contribution in [0, 0.1) is 0 Å². The molecule has 1 aromatic rings. The van der Waals surface area contributed by atoms with E-state index in [0.717, 1.165) is 19.3 Å². The Morgan fingerprint density at radius 2 is 2.00 bits per heavy atom. The molecule has 0 radical (unpaired) electrons. The molecule has 1 aromatic carbocycles. The van der Waals surface area contributed by atoms with Gasteiger partial charge in [0.05, 0.1) is 6.04 Å². The molecule has 0 bridgehead atoms. The summed E-state index contributed by atoms with van der Waals surface area (Å²) in [6, 6.07) is 8.71. The van der Waals surface area contributed by atoms with Crippen LogP contribution in [-0.4, -0.2) is 38.3 Å². The standard InChI is InChI=1S/C16H24N2O2/c1-12(16(19)17-8-5-9-20-2)18-15-10-13-6-3-4-7-14(13)11-15/h3-4,6-7,12,15,18H,5,8-11H2,1-2H3,(H,17,19). The third kappa shape index (κ3) is 4.05. The summed E-state index contributed by atoms with van der Waals surface area (Å²) in [5, 5.41) is 6.35. The van der Waals surface area contributed by atoms with Gasteiger partial charge in [0, 0.05) is 26.3 Å².